The molecule has 6 nitrogen and oxygen atoms in total. The van der Waals surface area contributed by atoms with Crippen molar-refractivity contribution in [2.24, 2.45) is 0 Å². The van der Waals surface area contributed by atoms with Gasteiger partial charge in [0.1, 0.15) is 23.2 Å². The molecule has 1 aliphatic rings. The summed E-state index contributed by atoms with van der Waals surface area (Å²) in [5, 5.41) is 9.94. The van der Waals surface area contributed by atoms with Crippen molar-refractivity contribution in [2.75, 3.05) is 0 Å². The van der Waals surface area contributed by atoms with Gasteiger partial charge in [-0.15, -0.1) is 0 Å². The monoisotopic (exact) mass is 463 g/mol. The van der Waals surface area contributed by atoms with E-state index in [0.717, 1.165) is 11.6 Å². The zero-order valence-electron chi connectivity index (χ0n) is 17.9. The van der Waals surface area contributed by atoms with E-state index < -0.39 is 22.7 Å². The molecule has 0 fully saturated rings. The van der Waals surface area contributed by atoms with Crippen molar-refractivity contribution >= 4 is 11.6 Å². The van der Waals surface area contributed by atoms with Crippen LogP contribution in [0, 0.1) is 17.1 Å². The van der Waals surface area contributed by atoms with Crippen LogP contribution in [0.15, 0.2) is 75.9 Å². The molecule has 1 aliphatic carbocycles. The summed E-state index contributed by atoms with van der Waals surface area (Å²) >= 11 is 6.00. The van der Waals surface area contributed by atoms with Crippen LogP contribution < -0.4 is 16.0 Å². The van der Waals surface area contributed by atoms with Crippen molar-refractivity contribution in [1.82, 2.24) is 9.55 Å². The molecule has 166 valence electrons. The quantitative estimate of drug-likeness (QED) is 0.596. The van der Waals surface area contributed by atoms with Crippen molar-refractivity contribution in [2.45, 2.75) is 25.9 Å². The van der Waals surface area contributed by atoms with E-state index in [1.807, 2.05) is 38.1 Å². The lowest BCUT2D eigenvalue weighted by molar-refractivity contribution is 0.129. The minimum atomic E-state index is -0.900. The van der Waals surface area contributed by atoms with Gasteiger partial charge in [-0.3, -0.25) is 4.79 Å². The minimum absolute atomic E-state index is 0.0418. The first-order valence-corrected chi connectivity index (χ1v) is 10.5. The van der Waals surface area contributed by atoms with Gasteiger partial charge in [0.25, 0.3) is 5.56 Å². The lowest BCUT2D eigenvalue weighted by Gasteiger charge is -2.33. The number of aromatic nitrogens is 2. The highest BCUT2D eigenvalue weighted by Crippen LogP contribution is 2.34. The second-order valence-electron chi connectivity index (χ2n) is 7.90. The Morgan fingerprint density at radius 1 is 1.24 bits per heavy atom. The van der Waals surface area contributed by atoms with Crippen LogP contribution >= 0.6 is 11.6 Å². The lowest BCUT2D eigenvalue weighted by Crippen LogP contribution is -2.36. The van der Waals surface area contributed by atoms with Crippen molar-refractivity contribution in [1.29, 1.82) is 5.26 Å². The number of nitriles is 1. The van der Waals surface area contributed by atoms with Crippen LogP contribution in [0.4, 0.5) is 4.39 Å². The Morgan fingerprint density at radius 2 is 2.03 bits per heavy atom. The molecule has 0 spiro atoms. The third-order valence-corrected chi connectivity index (χ3v) is 5.87. The van der Waals surface area contributed by atoms with Gasteiger partial charge in [0.2, 0.25) is 0 Å². The molecule has 1 atom stereocenters. The van der Waals surface area contributed by atoms with E-state index >= 15 is 0 Å². The molecule has 0 saturated heterocycles. The zero-order chi connectivity index (χ0) is 23.8. The van der Waals surface area contributed by atoms with Crippen LogP contribution in [0.2, 0.25) is 5.02 Å². The van der Waals surface area contributed by atoms with Crippen LogP contribution in [0.1, 0.15) is 25.8 Å². The predicted molar refractivity (Wildman–Crippen MR) is 124 cm³/mol. The van der Waals surface area contributed by atoms with E-state index in [-0.39, 0.29) is 22.7 Å². The van der Waals surface area contributed by atoms with Gasteiger partial charge >= 0.3 is 5.69 Å². The summed E-state index contributed by atoms with van der Waals surface area (Å²) < 4.78 is 21.7. The molecule has 1 N–H and O–H groups in total. The normalized spacial score (nSPS) is 17.4. The lowest BCUT2D eigenvalue weighted by atomic mass is 9.89. The second kappa shape index (κ2) is 8.57. The van der Waals surface area contributed by atoms with Crippen LogP contribution in [-0.2, 0) is 0 Å². The summed E-state index contributed by atoms with van der Waals surface area (Å²) in [5.41, 5.74) is -1.00. The van der Waals surface area contributed by atoms with Crippen molar-refractivity contribution in [3.05, 3.63) is 104 Å². The summed E-state index contributed by atoms with van der Waals surface area (Å²) in [7, 11) is 0. The van der Waals surface area contributed by atoms with Crippen LogP contribution in [0.5, 0.6) is 5.75 Å². The molecule has 1 unspecified atom stereocenters. The number of hydrogen-bond donors (Lipinski definition) is 1. The van der Waals surface area contributed by atoms with E-state index in [0.29, 0.717) is 21.6 Å². The fourth-order valence-electron chi connectivity index (χ4n) is 3.63. The number of halogens is 2. The number of nitrogens with zero attached hydrogens (tertiary/aromatic N) is 2. The van der Waals surface area contributed by atoms with E-state index in [1.54, 1.807) is 24.3 Å². The Hall–Kier alpha value is -3.89. The molecule has 1 aromatic heterocycles. The summed E-state index contributed by atoms with van der Waals surface area (Å²) in [6.45, 7) is 3.75. The average Bonchev–Trinajstić information content (AvgIpc) is 2.77. The van der Waals surface area contributed by atoms with Crippen LogP contribution in [-0.4, -0.2) is 15.2 Å². The number of rotatable bonds is 4. The summed E-state index contributed by atoms with van der Waals surface area (Å²) in [6, 6.07) is 11.9. The standard InChI is InChI=1S/C25H19ClFN3O3/c1-15-6-3-4-9-25(15,2)33-22-13-21(19(27)11-17(22)14-28)30-23(31)12-20(29-24(30)32)16-7-5-8-18(26)10-16/h3-8,10-13H,9H2,1-2H3,(H,29,32). The molecule has 2 aromatic carbocycles. The first-order chi connectivity index (χ1) is 15.7. The molecular formula is C25H19ClFN3O3. The molecule has 0 radical (unpaired) electrons. The highest BCUT2D eigenvalue weighted by atomic mass is 35.5. The van der Waals surface area contributed by atoms with Gasteiger partial charge < -0.3 is 9.72 Å². The van der Waals surface area contributed by atoms with Crippen LogP contribution in [0.25, 0.3) is 16.9 Å². The Morgan fingerprint density at radius 3 is 2.70 bits per heavy atom. The summed E-state index contributed by atoms with van der Waals surface area (Å²) in [6.07, 6.45) is 6.26. The molecule has 0 saturated carbocycles. The fourth-order valence-corrected chi connectivity index (χ4v) is 3.82. The average molecular weight is 464 g/mol. The zero-order valence-corrected chi connectivity index (χ0v) is 18.6. The molecule has 0 aliphatic heterocycles. The van der Waals surface area contributed by atoms with Gasteiger partial charge in [-0.2, -0.15) is 5.26 Å². The van der Waals surface area contributed by atoms with Gasteiger partial charge in [0.15, 0.2) is 0 Å². The maximum absolute atomic E-state index is 14.9. The Kier molecular flexibility index (Phi) is 5.79. The number of nitrogens with one attached hydrogen (secondary N) is 1. The topological polar surface area (TPSA) is 87.9 Å². The molecule has 3 aromatic rings. The molecule has 0 amide bonds. The van der Waals surface area contributed by atoms with Gasteiger partial charge in [-0.25, -0.2) is 13.8 Å². The van der Waals surface area contributed by atoms with Gasteiger partial charge in [0.05, 0.1) is 16.9 Å². The van der Waals surface area contributed by atoms with E-state index in [4.69, 9.17) is 16.3 Å². The first-order valence-electron chi connectivity index (χ1n) is 10.1. The third-order valence-electron chi connectivity index (χ3n) is 5.64. The number of benzene rings is 2. The molecule has 8 heteroatoms. The van der Waals surface area contributed by atoms with Gasteiger partial charge in [-0.1, -0.05) is 42.0 Å². The maximum atomic E-state index is 14.9. The largest absolute Gasteiger partial charge is 0.481 e. The smallest absolute Gasteiger partial charge is 0.333 e. The van der Waals surface area contributed by atoms with Gasteiger partial charge in [-0.05, 0) is 43.2 Å². The van der Waals surface area contributed by atoms with Crippen molar-refractivity contribution in [3.8, 4) is 28.8 Å². The first kappa shape index (κ1) is 22.3. The number of allylic oxidation sites excluding steroid dienone is 2. The van der Waals surface area contributed by atoms with Gasteiger partial charge in [0, 0.05) is 23.6 Å². The third kappa shape index (κ3) is 4.26. The number of ether oxygens (including phenoxy) is 1. The maximum Gasteiger partial charge on any atom is 0.333 e. The van der Waals surface area contributed by atoms with E-state index in [1.165, 1.54) is 12.1 Å². The molecule has 1 heterocycles. The van der Waals surface area contributed by atoms with E-state index in [9.17, 15) is 19.2 Å². The number of aromatic amines is 1. The molecule has 0 bridgehead atoms. The highest BCUT2D eigenvalue weighted by Gasteiger charge is 2.30. The van der Waals surface area contributed by atoms with Crippen molar-refractivity contribution in [3.63, 3.8) is 0 Å². The summed E-state index contributed by atoms with van der Waals surface area (Å²) in [5.74, 6) is -0.826. The second-order valence-corrected chi connectivity index (χ2v) is 8.34. The number of hydrogen-bond acceptors (Lipinski definition) is 4. The fraction of sp³-hybridized carbons (Fsp3) is 0.160. The van der Waals surface area contributed by atoms with Crippen molar-refractivity contribution < 1.29 is 9.13 Å². The Bertz CT molecular complexity index is 1450. The number of H-pyrrole nitrogens is 1. The predicted octanol–water partition coefficient (Wildman–Crippen LogP) is 4.90. The van der Waals surface area contributed by atoms with E-state index in [2.05, 4.69) is 4.98 Å². The molecular weight excluding hydrogens is 445 g/mol. The Balaban J connectivity index is 1.83. The summed E-state index contributed by atoms with van der Waals surface area (Å²) in [4.78, 5) is 28.3. The van der Waals surface area contributed by atoms with Crippen LogP contribution in [0.3, 0.4) is 0 Å². The SMILES string of the molecule is CC1=CC=CCC1(C)Oc1cc(-n2c(=O)cc(-c3cccc(Cl)c3)[nH]c2=O)c(F)cc1C#N. The minimum Gasteiger partial charge on any atom is -0.481 e. The molecule has 33 heavy (non-hydrogen) atoms. The highest BCUT2D eigenvalue weighted by molar-refractivity contribution is 6.30. The molecule has 4 rings (SSSR count). The Labute approximate surface area is 193 Å².